The number of hydrogen-bond donors (Lipinski definition) is 1. The van der Waals surface area contributed by atoms with Gasteiger partial charge in [0.2, 0.25) is 0 Å². The predicted octanol–water partition coefficient (Wildman–Crippen LogP) is 2.06. The standard InChI is InChI=1S/C10H8N2O3S/c13-10(14)9-3-8(1-2-11-9)16-6-7-4-12-15-5-7/h1-5H,6H2,(H,13,14). The molecule has 0 aliphatic carbocycles. The van der Waals surface area contributed by atoms with E-state index >= 15 is 0 Å². The SMILES string of the molecule is O=C(O)c1cc(SCc2cnoc2)ccn1. The average molecular weight is 236 g/mol. The fraction of sp³-hybridized carbons (Fsp3) is 0.100. The summed E-state index contributed by atoms with van der Waals surface area (Å²) in [6.07, 6.45) is 4.68. The molecule has 0 aromatic carbocycles. The summed E-state index contributed by atoms with van der Waals surface area (Å²) >= 11 is 1.51. The first-order chi connectivity index (χ1) is 7.75. The zero-order chi connectivity index (χ0) is 11.4. The number of carboxylic acid groups (broad SMARTS) is 1. The van der Waals surface area contributed by atoms with E-state index < -0.39 is 5.97 Å². The van der Waals surface area contributed by atoms with Crippen LogP contribution in [0.3, 0.4) is 0 Å². The molecule has 2 aromatic heterocycles. The van der Waals surface area contributed by atoms with Crippen molar-refractivity contribution in [2.75, 3.05) is 0 Å². The normalized spacial score (nSPS) is 10.2. The molecule has 2 rings (SSSR count). The molecule has 2 aromatic rings. The Hall–Kier alpha value is -1.82. The summed E-state index contributed by atoms with van der Waals surface area (Å²) < 4.78 is 4.70. The molecule has 0 unspecified atom stereocenters. The maximum Gasteiger partial charge on any atom is 0.354 e. The van der Waals surface area contributed by atoms with Crippen LogP contribution in [0.25, 0.3) is 0 Å². The van der Waals surface area contributed by atoms with Crippen LogP contribution < -0.4 is 0 Å². The highest BCUT2D eigenvalue weighted by Crippen LogP contribution is 2.22. The number of pyridine rings is 1. The lowest BCUT2D eigenvalue weighted by molar-refractivity contribution is 0.0690. The quantitative estimate of drug-likeness (QED) is 0.819. The van der Waals surface area contributed by atoms with E-state index in [1.165, 1.54) is 18.0 Å². The topological polar surface area (TPSA) is 76.2 Å². The van der Waals surface area contributed by atoms with Crippen molar-refractivity contribution in [1.29, 1.82) is 0 Å². The Balaban J connectivity index is 2.04. The Morgan fingerprint density at radius 2 is 2.44 bits per heavy atom. The highest BCUT2D eigenvalue weighted by Gasteiger charge is 2.05. The van der Waals surface area contributed by atoms with Crippen LogP contribution in [0, 0.1) is 0 Å². The minimum atomic E-state index is -1.02. The van der Waals surface area contributed by atoms with Crippen LogP contribution in [0.15, 0.2) is 40.2 Å². The zero-order valence-corrected chi connectivity index (χ0v) is 8.98. The number of carbonyl (C=O) groups is 1. The number of nitrogens with zero attached hydrogens (tertiary/aromatic N) is 2. The van der Waals surface area contributed by atoms with E-state index in [1.54, 1.807) is 24.6 Å². The Bertz CT molecular complexity index is 485. The van der Waals surface area contributed by atoms with Crippen molar-refractivity contribution in [1.82, 2.24) is 10.1 Å². The van der Waals surface area contributed by atoms with Gasteiger partial charge in [0.05, 0.1) is 6.20 Å². The van der Waals surface area contributed by atoms with Gasteiger partial charge in [0.1, 0.15) is 12.0 Å². The summed E-state index contributed by atoms with van der Waals surface area (Å²) in [7, 11) is 0. The van der Waals surface area contributed by atoms with Crippen molar-refractivity contribution in [3.8, 4) is 0 Å². The largest absolute Gasteiger partial charge is 0.477 e. The third-order valence-electron chi connectivity index (χ3n) is 1.84. The first-order valence-corrected chi connectivity index (χ1v) is 5.44. The summed E-state index contributed by atoms with van der Waals surface area (Å²) in [5.41, 5.74) is 1.01. The molecule has 0 atom stereocenters. The van der Waals surface area contributed by atoms with Crippen LogP contribution in [0.5, 0.6) is 0 Å². The van der Waals surface area contributed by atoms with E-state index in [2.05, 4.69) is 10.1 Å². The van der Waals surface area contributed by atoms with E-state index in [-0.39, 0.29) is 5.69 Å². The average Bonchev–Trinajstić information content (AvgIpc) is 2.79. The highest BCUT2D eigenvalue weighted by molar-refractivity contribution is 7.98. The molecule has 0 spiro atoms. The molecule has 0 saturated heterocycles. The molecular weight excluding hydrogens is 228 g/mol. The lowest BCUT2D eigenvalue weighted by Gasteiger charge is -2.00. The Morgan fingerprint density at radius 1 is 1.56 bits per heavy atom. The molecule has 0 aliphatic heterocycles. The maximum atomic E-state index is 10.7. The molecular formula is C10H8N2O3S. The Morgan fingerprint density at radius 3 is 3.12 bits per heavy atom. The lowest BCUT2D eigenvalue weighted by Crippen LogP contribution is -1.99. The van der Waals surface area contributed by atoms with Crippen molar-refractivity contribution in [2.45, 2.75) is 10.6 Å². The van der Waals surface area contributed by atoms with Gasteiger partial charge in [-0.15, -0.1) is 11.8 Å². The van der Waals surface area contributed by atoms with Gasteiger partial charge in [-0.2, -0.15) is 0 Å². The third kappa shape index (κ3) is 2.60. The number of carboxylic acids is 1. The Labute approximate surface area is 95.5 Å². The second-order valence-corrected chi connectivity index (χ2v) is 4.05. The van der Waals surface area contributed by atoms with Crippen LogP contribution in [0.2, 0.25) is 0 Å². The van der Waals surface area contributed by atoms with E-state index in [0.29, 0.717) is 5.75 Å². The lowest BCUT2D eigenvalue weighted by atomic mass is 10.3. The van der Waals surface area contributed by atoms with Crippen molar-refractivity contribution in [3.05, 3.63) is 42.0 Å². The van der Waals surface area contributed by atoms with Gasteiger partial charge in [-0.25, -0.2) is 9.78 Å². The molecule has 2 heterocycles. The second kappa shape index (κ2) is 4.80. The van der Waals surface area contributed by atoms with Gasteiger partial charge in [0, 0.05) is 22.4 Å². The van der Waals surface area contributed by atoms with Crippen molar-refractivity contribution >= 4 is 17.7 Å². The number of aromatic carboxylic acids is 1. The van der Waals surface area contributed by atoms with Gasteiger partial charge in [0.25, 0.3) is 0 Å². The third-order valence-corrected chi connectivity index (χ3v) is 2.90. The number of rotatable bonds is 4. The summed E-state index contributed by atoms with van der Waals surface area (Å²) in [6.45, 7) is 0. The van der Waals surface area contributed by atoms with E-state index in [0.717, 1.165) is 10.5 Å². The highest BCUT2D eigenvalue weighted by atomic mass is 32.2. The summed E-state index contributed by atoms with van der Waals surface area (Å²) in [6, 6.07) is 3.31. The molecule has 5 nitrogen and oxygen atoms in total. The maximum absolute atomic E-state index is 10.7. The molecule has 0 saturated carbocycles. The fourth-order valence-corrected chi connectivity index (χ4v) is 1.91. The zero-order valence-electron chi connectivity index (χ0n) is 8.16. The molecule has 0 aliphatic rings. The number of aromatic nitrogens is 2. The molecule has 0 radical (unpaired) electrons. The summed E-state index contributed by atoms with van der Waals surface area (Å²) in [5, 5.41) is 12.4. The van der Waals surface area contributed by atoms with E-state index in [4.69, 9.17) is 9.63 Å². The number of hydrogen-bond acceptors (Lipinski definition) is 5. The van der Waals surface area contributed by atoms with Gasteiger partial charge in [-0.1, -0.05) is 5.16 Å². The first kappa shape index (κ1) is 10.7. The van der Waals surface area contributed by atoms with Crippen LogP contribution >= 0.6 is 11.8 Å². The molecule has 0 fully saturated rings. The number of thioether (sulfide) groups is 1. The molecule has 6 heteroatoms. The molecule has 82 valence electrons. The molecule has 1 N–H and O–H groups in total. The van der Waals surface area contributed by atoms with Crippen molar-refractivity contribution in [3.63, 3.8) is 0 Å². The smallest absolute Gasteiger partial charge is 0.354 e. The second-order valence-electron chi connectivity index (χ2n) is 3.00. The summed E-state index contributed by atoms with van der Waals surface area (Å²) in [4.78, 5) is 15.3. The Kier molecular flexibility index (Phi) is 3.21. The van der Waals surface area contributed by atoms with Crippen LogP contribution in [0.4, 0.5) is 0 Å². The van der Waals surface area contributed by atoms with Crippen molar-refractivity contribution in [2.24, 2.45) is 0 Å². The van der Waals surface area contributed by atoms with E-state index in [9.17, 15) is 4.79 Å². The van der Waals surface area contributed by atoms with Crippen LogP contribution in [-0.4, -0.2) is 21.2 Å². The van der Waals surface area contributed by atoms with E-state index in [1.807, 2.05) is 0 Å². The fourth-order valence-electron chi connectivity index (χ4n) is 1.08. The van der Waals surface area contributed by atoms with Gasteiger partial charge in [0.15, 0.2) is 0 Å². The molecule has 16 heavy (non-hydrogen) atoms. The van der Waals surface area contributed by atoms with Gasteiger partial charge >= 0.3 is 5.97 Å². The van der Waals surface area contributed by atoms with Crippen LogP contribution in [-0.2, 0) is 5.75 Å². The minimum absolute atomic E-state index is 0.0512. The minimum Gasteiger partial charge on any atom is -0.477 e. The van der Waals surface area contributed by atoms with Gasteiger partial charge in [-0.3, -0.25) is 0 Å². The predicted molar refractivity (Wildman–Crippen MR) is 57.3 cm³/mol. The van der Waals surface area contributed by atoms with Crippen LogP contribution in [0.1, 0.15) is 16.1 Å². The van der Waals surface area contributed by atoms with Gasteiger partial charge in [-0.05, 0) is 12.1 Å². The first-order valence-electron chi connectivity index (χ1n) is 4.46. The monoisotopic (exact) mass is 236 g/mol. The summed E-state index contributed by atoms with van der Waals surface area (Å²) in [5.74, 6) is -0.334. The molecule has 0 bridgehead atoms. The van der Waals surface area contributed by atoms with Gasteiger partial charge < -0.3 is 9.63 Å². The van der Waals surface area contributed by atoms with Crippen molar-refractivity contribution < 1.29 is 14.4 Å². The molecule has 0 amide bonds.